The third-order valence-corrected chi connectivity index (χ3v) is 5.97. The van der Waals surface area contributed by atoms with Crippen LogP contribution in [0, 0.1) is 0 Å². The number of carbonyl (C=O) groups excluding carboxylic acids is 2. The van der Waals surface area contributed by atoms with Crippen molar-refractivity contribution in [2.24, 2.45) is 0 Å². The van der Waals surface area contributed by atoms with Crippen molar-refractivity contribution in [3.63, 3.8) is 0 Å². The Morgan fingerprint density at radius 3 is 2.57 bits per heavy atom. The van der Waals surface area contributed by atoms with Crippen LogP contribution in [-0.4, -0.2) is 17.9 Å². The number of thiophene rings is 1. The Morgan fingerprint density at radius 1 is 1.00 bits per heavy atom. The number of nitrogens with one attached hydrogen (secondary N) is 2. The zero-order valence-corrected chi connectivity index (χ0v) is 16.2. The van der Waals surface area contributed by atoms with Gasteiger partial charge in [-0.25, -0.2) is 0 Å². The van der Waals surface area contributed by atoms with Gasteiger partial charge in [-0.3, -0.25) is 9.59 Å². The molecule has 1 aliphatic carbocycles. The first-order valence-corrected chi connectivity index (χ1v) is 10.3. The summed E-state index contributed by atoms with van der Waals surface area (Å²) in [7, 11) is 0. The molecule has 1 aliphatic rings. The van der Waals surface area contributed by atoms with Crippen LogP contribution in [0.4, 0.5) is 0 Å². The summed E-state index contributed by atoms with van der Waals surface area (Å²) >= 11 is 1.37. The quantitative estimate of drug-likeness (QED) is 0.671. The first kappa shape index (κ1) is 18.4. The van der Waals surface area contributed by atoms with E-state index in [-0.39, 0.29) is 17.9 Å². The van der Waals surface area contributed by atoms with Gasteiger partial charge in [0.25, 0.3) is 5.91 Å². The fourth-order valence-electron chi connectivity index (χ4n) is 3.68. The van der Waals surface area contributed by atoms with Crippen LogP contribution in [0.15, 0.2) is 72.1 Å². The van der Waals surface area contributed by atoms with E-state index in [1.54, 1.807) is 6.07 Å². The van der Waals surface area contributed by atoms with Crippen LogP contribution in [-0.2, 0) is 17.6 Å². The lowest BCUT2D eigenvalue weighted by Crippen LogP contribution is -2.48. The Kier molecular flexibility index (Phi) is 5.53. The van der Waals surface area contributed by atoms with Crippen LogP contribution in [0.2, 0.25) is 0 Å². The molecule has 2 amide bonds. The molecule has 1 aromatic heterocycles. The van der Waals surface area contributed by atoms with Crippen molar-refractivity contribution in [2.75, 3.05) is 0 Å². The molecule has 4 nitrogen and oxygen atoms in total. The standard InChI is InChI=1S/C23H22N2O2S/c26-22(24-19-13-12-17-9-4-5-10-18(17)19)20(15-16-7-2-1-3-8-16)25-23(27)21-11-6-14-28-21/h1-11,14,19-20H,12-13,15H2,(H,24,26)(H,25,27). The molecule has 4 rings (SSSR count). The highest BCUT2D eigenvalue weighted by Crippen LogP contribution is 2.30. The number of hydrogen-bond donors (Lipinski definition) is 2. The number of rotatable bonds is 6. The number of aryl methyl sites for hydroxylation is 1. The number of fused-ring (bicyclic) bond motifs is 1. The van der Waals surface area contributed by atoms with Crippen molar-refractivity contribution in [1.29, 1.82) is 0 Å². The highest BCUT2D eigenvalue weighted by atomic mass is 32.1. The molecule has 0 aliphatic heterocycles. The fourth-order valence-corrected chi connectivity index (χ4v) is 4.30. The van der Waals surface area contributed by atoms with Crippen molar-refractivity contribution in [2.45, 2.75) is 31.3 Å². The van der Waals surface area contributed by atoms with E-state index in [0.717, 1.165) is 18.4 Å². The van der Waals surface area contributed by atoms with Gasteiger partial charge in [0.05, 0.1) is 10.9 Å². The van der Waals surface area contributed by atoms with Gasteiger partial charge in [0.15, 0.2) is 0 Å². The topological polar surface area (TPSA) is 58.2 Å². The normalized spacial score (nSPS) is 16.2. The molecule has 0 saturated carbocycles. The second kappa shape index (κ2) is 8.40. The highest BCUT2D eigenvalue weighted by Gasteiger charge is 2.28. The van der Waals surface area contributed by atoms with E-state index in [0.29, 0.717) is 11.3 Å². The van der Waals surface area contributed by atoms with Gasteiger partial charge in [0, 0.05) is 6.42 Å². The van der Waals surface area contributed by atoms with E-state index in [4.69, 9.17) is 0 Å². The molecule has 0 spiro atoms. The molecule has 2 unspecified atom stereocenters. The van der Waals surface area contributed by atoms with Crippen LogP contribution in [0.1, 0.15) is 38.8 Å². The molecule has 0 radical (unpaired) electrons. The van der Waals surface area contributed by atoms with E-state index in [1.807, 2.05) is 53.9 Å². The summed E-state index contributed by atoms with van der Waals surface area (Å²) in [5.74, 6) is -0.353. The maximum Gasteiger partial charge on any atom is 0.262 e. The monoisotopic (exact) mass is 390 g/mol. The maximum absolute atomic E-state index is 13.1. The predicted octanol–water partition coefficient (Wildman–Crippen LogP) is 3.89. The second-order valence-corrected chi connectivity index (χ2v) is 7.94. The van der Waals surface area contributed by atoms with Gasteiger partial charge < -0.3 is 10.6 Å². The summed E-state index contributed by atoms with van der Waals surface area (Å²) < 4.78 is 0. The second-order valence-electron chi connectivity index (χ2n) is 6.99. The van der Waals surface area contributed by atoms with Gasteiger partial charge in [-0.1, -0.05) is 60.7 Å². The number of carbonyl (C=O) groups is 2. The van der Waals surface area contributed by atoms with Crippen LogP contribution in [0.3, 0.4) is 0 Å². The van der Waals surface area contributed by atoms with E-state index in [9.17, 15) is 9.59 Å². The Hall–Kier alpha value is -2.92. The molecular weight excluding hydrogens is 368 g/mol. The minimum atomic E-state index is -0.621. The average Bonchev–Trinajstić information content (AvgIpc) is 3.39. The van der Waals surface area contributed by atoms with Gasteiger partial charge in [0.1, 0.15) is 6.04 Å². The molecule has 2 atom stereocenters. The van der Waals surface area contributed by atoms with Crippen molar-refractivity contribution in [3.8, 4) is 0 Å². The average molecular weight is 391 g/mol. The molecule has 1 heterocycles. The minimum absolute atomic E-state index is 0.000568. The van der Waals surface area contributed by atoms with Gasteiger partial charge in [-0.15, -0.1) is 11.3 Å². The van der Waals surface area contributed by atoms with Gasteiger partial charge in [-0.2, -0.15) is 0 Å². The molecule has 142 valence electrons. The number of hydrogen-bond acceptors (Lipinski definition) is 3. The lowest BCUT2D eigenvalue weighted by Gasteiger charge is -2.22. The maximum atomic E-state index is 13.1. The summed E-state index contributed by atoms with van der Waals surface area (Å²) in [6.07, 6.45) is 2.31. The summed E-state index contributed by atoms with van der Waals surface area (Å²) in [5, 5.41) is 7.94. The Bertz CT molecular complexity index is 954. The molecule has 2 aromatic carbocycles. The van der Waals surface area contributed by atoms with Gasteiger partial charge in [0.2, 0.25) is 5.91 Å². The van der Waals surface area contributed by atoms with Crippen LogP contribution in [0.5, 0.6) is 0 Å². The van der Waals surface area contributed by atoms with Crippen LogP contribution in [0.25, 0.3) is 0 Å². The predicted molar refractivity (Wildman–Crippen MR) is 111 cm³/mol. The molecule has 0 fully saturated rings. The first-order valence-electron chi connectivity index (χ1n) is 9.47. The molecule has 28 heavy (non-hydrogen) atoms. The Morgan fingerprint density at radius 2 is 1.79 bits per heavy atom. The van der Waals surface area contributed by atoms with Gasteiger partial charge >= 0.3 is 0 Å². The largest absolute Gasteiger partial charge is 0.347 e. The van der Waals surface area contributed by atoms with E-state index >= 15 is 0 Å². The lowest BCUT2D eigenvalue weighted by molar-refractivity contribution is -0.123. The van der Waals surface area contributed by atoms with E-state index in [2.05, 4.69) is 22.8 Å². The lowest BCUT2D eigenvalue weighted by atomic mass is 10.0. The SMILES string of the molecule is O=C(NC(Cc1ccccc1)C(=O)NC1CCc2ccccc21)c1cccs1. The van der Waals surface area contributed by atoms with Crippen molar-refractivity contribution < 1.29 is 9.59 Å². The molecule has 5 heteroatoms. The number of benzene rings is 2. The highest BCUT2D eigenvalue weighted by molar-refractivity contribution is 7.12. The minimum Gasteiger partial charge on any atom is -0.347 e. The van der Waals surface area contributed by atoms with E-state index < -0.39 is 6.04 Å². The zero-order chi connectivity index (χ0) is 19.3. The van der Waals surface area contributed by atoms with Crippen molar-refractivity contribution in [3.05, 3.63) is 93.7 Å². The Balaban J connectivity index is 1.50. The summed E-state index contributed by atoms with van der Waals surface area (Å²) in [6.45, 7) is 0. The molecule has 2 N–H and O–H groups in total. The molecule has 0 saturated heterocycles. The molecule has 0 bridgehead atoms. The van der Waals surface area contributed by atoms with Gasteiger partial charge in [-0.05, 0) is 41.0 Å². The summed E-state index contributed by atoms with van der Waals surface area (Å²) in [4.78, 5) is 26.3. The molecule has 3 aromatic rings. The van der Waals surface area contributed by atoms with Crippen LogP contribution < -0.4 is 10.6 Å². The smallest absolute Gasteiger partial charge is 0.262 e. The Labute approximate surface area is 168 Å². The molecular formula is C23H22N2O2S. The third kappa shape index (κ3) is 4.15. The first-order chi connectivity index (χ1) is 13.7. The van der Waals surface area contributed by atoms with Crippen molar-refractivity contribution in [1.82, 2.24) is 10.6 Å². The van der Waals surface area contributed by atoms with E-state index in [1.165, 1.54) is 22.5 Å². The fraction of sp³-hybridized carbons (Fsp3) is 0.217. The third-order valence-electron chi connectivity index (χ3n) is 5.10. The summed E-state index contributed by atoms with van der Waals surface area (Å²) in [5.41, 5.74) is 3.48. The van der Waals surface area contributed by atoms with Crippen molar-refractivity contribution >= 4 is 23.2 Å². The summed E-state index contributed by atoms with van der Waals surface area (Å²) in [6, 6.07) is 21.0. The van der Waals surface area contributed by atoms with Crippen LogP contribution >= 0.6 is 11.3 Å². The zero-order valence-electron chi connectivity index (χ0n) is 15.4. The number of amides is 2.